The molecule has 0 saturated carbocycles. The lowest BCUT2D eigenvalue weighted by Gasteiger charge is -2.13. The van der Waals surface area contributed by atoms with Gasteiger partial charge >= 0.3 is 0 Å². The van der Waals surface area contributed by atoms with Gasteiger partial charge in [0.2, 0.25) is 5.13 Å². The predicted octanol–water partition coefficient (Wildman–Crippen LogP) is 2.06. The molecule has 0 aliphatic heterocycles. The lowest BCUT2D eigenvalue weighted by Crippen LogP contribution is -2.15. The molecule has 2 aromatic heterocycles. The van der Waals surface area contributed by atoms with Gasteiger partial charge in [-0.2, -0.15) is 0 Å². The molecule has 0 N–H and O–H groups in total. The van der Waals surface area contributed by atoms with E-state index in [1.165, 1.54) is 28.0 Å². The van der Waals surface area contributed by atoms with Crippen LogP contribution < -0.4 is 4.90 Å². The number of anilines is 1. The number of hydrogen-bond acceptors (Lipinski definition) is 5. The third kappa shape index (κ3) is 1.84. The van der Waals surface area contributed by atoms with Crippen LogP contribution in [-0.2, 0) is 13.6 Å². The molecule has 6 heteroatoms. The van der Waals surface area contributed by atoms with E-state index in [0.717, 1.165) is 11.7 Å². The molecule has 0 aliphatic rings. The molecule has 5 nitrogen and oxygen atoms in total. The summed E-state index contributed by atoms with van der Waals surface area (Å²) in [5.41, 5.74) is 2.53. The second-order valence-electron chi connectivity index (χ2n) is 4.28. The Hall–Kier alpha value is -1.95. The monoisotopic (exact) mass is 259 g/mol. The second-order valence-corrected chi connectivity index (χ2v) is 4.99. The van der Waals surface area contributed by atoms with Crippen LogP contribution in [0.2, 0.25) is 0 Å². The Balaban J connectivity index is 1.96. The first-order valence-corrected chi connectivity index (χ1v) is 6.42. The van der Waals surface area contributed by atoms with Crippen molar-refractivity contribution in [1.29, 1.82) is 0 Å². The highest BCUT2D eigenvalue weighted by Gasteiger charge is 2.11. The SMILES string of the molecule is CN(Cc1cn(C)c2ccccc12)c1nnns1. The summed E-state index contributed by atoms with van der Waals surface area (Å²) < 4.78 is 5.94. The van der Waals surface area contributed by atoms with Crippen molar-refractivity contribution in [3.63, 3.8) is 0 Å². The molecule has 2 heterocycles. The number of aryl methyl sites for hydroxylation is 1. The first-order valence-electron chi connectivity index (χ1n) is 5.65. The molecule has 0 spiro atoms. The van der Waals surface area contributed by atoms with Gasteiger partial charge < -0.3 is 9.47 Å². The van der Waals surface area contributed by atoms with Crippen molar-refractivity contribution >= 4 is 27.6 Å². The maximum absolute atomic E-state index is 3.98. The average molecular weight is 259 g/mol. The molecular formula is C12H13N5S. The maximum Gasteiger partial charge on any atom is 0.227 e. The fourth-order valence-corrected chi connectivity index (χ4v) is 2.57. The summed E-state index contributed by atoms with van der Waals surface area (Å²) in [6.45, 7) is 0.804. The summed E-state index contributed by atoms with van der Waals surface area (Å²) in [6, 6.07) is 8.41. The van der Waals surface area contributed by atoms with Gasteiger partial charge in [-0.15, -0.1) is 0 Å². The number of para-hydroxylation sites is 1. The Morgan fingerprint density at radius 2 is 2.17 bits per heavy atom. The molecule has 1 aromatic carbocycles. The maximum atomic E-state index is 3.98. The van der Waals surface area contributed by atoms with Crippen LogP contribution in [0.25, 0.3) is 10.9 Å². The van der Waals surface area contributed by atoms with Crippen molar-refractivity contribution in [2.75, 3.05) is 11.9 Å². The molecule has 3 aromatic rings. The quantitative estimate of drug-likeness (QED) is 0.722. The molecule has 0 amide bonds. The Morgan fingerprint density at radius 3 is 2.94 bits per heavy atom. The number of rotatable bonds is 3. The molecule has 0 unspecified atom stereocenters. The van der Waals surface area contributed by atoms with E-state index in [9.17, 15) is 0 Å². The highest BCUT2D eigenvalue weighted by Crippen LogP contribution is 2.23. The highest BCUT2D eigenvalue weighted by atomic mass is 32.1. The summed E-state index contributed by atoms with van der Waals surface area (Å²) in [5.74, 6) is 0. The minimum Gasteiger partial charge on any atom is -0.350 e. The van der Waals surface area contributed by atoms with Crippen molar-refractivity contribution < 1.29 is 0 Å². The van der Waals surface area contributed by atoms with Crippen molar-refractivity contribution in [3.8, 4) is 0 Å². The zero-order valence-corrected chi connectivity index (χ0v) is 11.1. The fraction of sp³-hybridized carbons (Fsp3) is 0.250. The third-order valence-corrected chi connectivity index (χ3v) is 3.71. The van der Waals surface area contributed by atoms with Crippen LogP contribution in [0.1, 0.15) is 5.56 Å². The molecule has 0 fully saturated rings. The second kappa shape index (κ2) is 4.38. The summed E-state index contributed by atoms with van der Waals surface area (Å²) in [5, 5.41) is 9.72. The van der Waals surface area contributed by atoms with Gasteiger partial charge in [0.05, 0.1) is 0 Å². The summed E-state index contributed by atoms with van der Waals surface area (Å²) >= 11 is 1.31. The molecule has 3 rings (SSSR count). The number of aromatic nitrogens is 4. The van der Waals surface area contributed by atoms with Crippen LogP contribution in [0.3, 0.4) is 0 Å². The molecule has 0 atom stereocenters. The largest absolute Gasteiger partial charge is 0.350 e. The summed E-state index contributed by atoms with van der Waals surface area (Å²) in [4.78, 5) is 2.06. The van der Waals surface area contributed by atoms with E-state index in [-0.39, 0.29) is 0 Å². The Morgan fingerprint density at radius 1 is 1.33 bits per heavy atom. The van der Waals surface area contributed by atoms with Gasteiger partial charge in [0.1, 0.15) is 0 Å². The molecular weight excluding hydrogens is 246 g/mol. The van der Waals surface area contributed by atoms with E-state index < -0.39 is 0 Å². The van der Waals surface area contributed by atoms with E-state index in [2.05, 4.69) is 61.8 Å². The minimum absolute atomic E-state index is 0.804. The zero-order chi connectivity index (χ0) is 12.5. The first-order chi connectivity index (χ1) is 8.75. The summed E-state index contributed by atoms with van der Waals surface area (Å²) in [7, 11) is 4.07. The van der Waals surface area contributed by atoms with E-state index in [4.69, 9.17) is 0 Å². The van der Waals surface area contributed by atoms with Gasteiger partial charge in [-0.3, -0.25) is 0 Å². The lowest BCUT2D eigenvalue weighted by atomic mass is 10.2. The van der Waals surface area contributed by atoms with Crippen LogP contribution in [0, 0.1) is 0 Å². The Kier molecular flexibility index (Phi) is 2.71. The van der Waals surface area contributed by atoms with Gasteiger partial charge in [-0.1, -0.05) is 27.8 Å². The van der Waals surface area contributed by atoms with Crippen molar-refractivity contribution in [2.24, 2.45) is 7.05 Å². The molecule has 0 saturated heterocycles. The van der Waals surface area contributed by atoms with E-state index in [1.54, 1.807) is 0 Å². The molecule has 92 valence electrons. The van der Waals surface area contributed by atoms with Gasteiger partial charge in [0.25, 0.3) is 0 Å². The Labute approximate surface area is 109 Å². The van der Waals surface area contributed by atoms with E-state index >= 15 is 0 Å². The molecule has 18 heavy (non-hydrogen) atoms. The smallest absolute Gasteiger partial charge is 0.227 e. The van der Waals surface area contributed by atoms with Gasteiger partial charge in [0, 0.05) is 49.3 Å². The molecule has 0 aliphatic carbocycles. The van der Waals surface area contributed by atoms with Gasteiger partial charge in [-0.05, 0) is 16.8 Å². The first kappa shape index (κ1) is 11.2. The highest BCUT2D eigenvalue weighted by molar-refractivity contribution is 7.09. The van der Waals surface area contributed by atoms with Crippen LogP contribution in [-0.4, -0.2) is 26.4 Å². The lowest BCUT2D eigenvalue weighted by molar-refractivity contribution is 0.868. The zero-order valence-electron chi connectivity index (χ0n) is 10.2. The van der Waals surface area contributed by atoms with Crippen LogP contribution in [0.4, 0.5) is 5.13 Å². The molecule has 0 bridgehead atoms. The minimum atomic E-state index is 0.804. The van der Waals surface area contributed by atoms with E-state index in [1.807, 2.05) is 7.05 Å². The number of fused-ring (bicyclic) bond motifs is 1. The predicted molar refractivity (Wildman–Crippen MR) is 72.7 cm³/mol. The standard InChI is InChI=1S/C12H13N5S/c1-16-7-9(10-5-3-4-6-11(10)16)8-17(2)12-13-14-15-18-12/h3-7H,8H2,1-2H3. The van der Waals surface area contributed by atoms with E-state index in [0.29, 0.717) is 0 Å². The van der Waals surface area contributed by atoms with Gasteiger partial charge in [0.15, 0.2) is 0 Å². The molecule has 0 radical (unpaired) electrons. The summed E-state index contributed by atoms with van der Waals surface area (Å²) in [6.07, 6.45) is 2.16. The van der Waals surface area contributed by atoms with Crippen LogP contribution >= 0.6 is 11.5 Å². The van der Waals surface area contributed by atoms with Crippen LogP contribution in [0.5, 0.6) is 0 Å². The normalized spacial score (nSPS) is 11.0. The van der Waals surface area contributed by atoms with Crippen LogP contribution in [0.15, 0.2) is 30.5 Å². The number of hydrogen-bond donors (Lipinski definition) is 0. The van der Waals surface area contributed by atoms with Gasteiger partial charge in [-0.25, -0.2) is 0 Å². The van der Waals surface area contributed by atoms with Crippen molar-refractivity contribution in [1.82, 2.24) is 19.4 Å². The topological polar surface area (TPSA) is 46.8 Å². The van der Waals surface area contributed by atoms with Crippen molar-refractivity contribution in [3.05, 3.63) is 36.0 Å². The Bertz CT molecular complexity index is 658. The number of nitrogens with zero attached hydrogens (tertiary/aromatic N) is 5. The fourth-order valence-electron chi connectivity index (χ4n) is 2.15. The average Bonchev–Trinajstić information content (AvgIpc) is 3.00. The number of benzene rings is 1. The van der Waals surface area contributed by atoms with Crippen molar-refractivity contribution in [2.45, 2.75) is 6.54 Å². The third-order valence-electron chi connectivity index (χ3n) is 3.00.